The second-order valence-electron chi connectivity index (χ2n) is 7.07. The zero-order chi connectivity index (χ0) is 16.9. The lowest BCUT2D eigenvalue weighted by Crippen LogP contribution is -2.07. The van der Waals surface area contributed by atoms with Crippen LogP contribution in [0.2, 0.25) is 0 Å². The van der Waals surface area contributed by atoms with E-state index in [4.69, 9.17) is 0 Å². The molecule has 1 heterocycles. The molecule has 0 spiro atoms. The third kappa shape index (κ3) is 2.70. The van der Waals surface area contributed by atoms with Crippen molar-refractivity contribution in [3.63, 3.8) is 0 Å². The third-order valence-electron chi connectivity index (χ3n) is 4.97. The van der Waals surface area contributed by atoms with Gasteiger partial charge in [0, 0.05) is 18.3 Å². The fraction of sp³-hybridized carbons (Fsp3) is 0.300. The molecule has 4 heteroatoms. The Morgan fingerprint density at radius 2 is 1.79 bits per heavy atom. The van der Waals surface area contributed by atoms with Gasteiger partial charge in [-0.25, -0.2) is 0 Å². The Morgan fingerprint density at radius 3 is 2.50 bits per heavy atom. The van der Waals surface area contributed by atoms with Crippen molar-refractivity contribution in [2.75, 3.05) is 0 Å². The van der Waals surface area contributed by atoms with Gasteiger partial charge in [-0.3, -0.25) is 0 Å². The average molecular weight is 329 g/mol. The molecule has 0 aliphatic heterocycles. The fourth-order valence-electron chi connectivity index (χ4n) is 3.25. The van der Waals surface area contributed by atoms with E-state index in [0.29, 0.717) is 11.0 Å². The van der Waals surface area contributed by atoms with Crippen LogP contribution in [-0.4, -0.2) is 4.57 Å². The second-order valence-corrected chi connectivity index (χ2v) is 7.07. The van der Waals surface area contributed by atoms with E-state index in [1.807, 2.05) is 24.4 Å². The molecular weight excluding hydrogens is 311 g/mol. The molecule has 2 aromatic carbocycles. The number of hydrogen-bond acceptors (Lipinski definition) is 0. The summed E-state index contributed by atoms with van der Waals surface area (Å²) in [5.41, 5.74) is 1.59. The van der Waals surface area contributed by atoms with Crippen LogP contribution in [0.25, 0.3) is 22.0 Å². The van der Waals surface area contributed by atoms with Gasteiger partial charge in [0.05, 0.1) is 5.56 Å². The van der Waals surface area contributed by atoms with E-state index in [0.717, 1.165) is 23.5 Å². The predicted octanol–water partition coefficient (Wildman–Crippen LogP) is 6.13. The van der Waals surface area contributed by atoms with Crippen molar-refractivity contribution in [2.45, 2.75) is 32.5 Å². The first-order valence-electron chi connectivity index (χ1n) is 8.11. The van der Waals surface area contributed by atoms with Gasteiger partial charge in [-0.2, -0.15) is 13.2 Å². The molecule has 0 amide bonds. The third-order valence-corrected chi connectivity index (χ3v) is 4.97. The minimum Gasteiger partial charge on any atom is -0.347 e. The number of rotatable bonds is 3. The lowest BCUT2D eigenvalue weighted by atomic mass is 9.98. The normalized spacial score (nSPS) is 16.5. The van der Waals surface area contributed by atoms with Crippen LogP contribution in [0.3, 0.4) is 0 Å². The minimum absolute atomic E-state index is 0.234. The fourth-order valence-corrected chi connectivity index (χ4v) is 3.25. The lowest BCUT2D eigenvalue weighted by molar-refractivity contribution is -0.137. The molecule has 1 aliphatic carbocycles. The van der Waals surface area contributed by atoms with Crippen LogP contribution < -0.4 is 0 Å². The molecule has 0 atom stereocenters. The summed E-state index contributed by atoms with van der Waals surface area (Å²) < 4.78 is 42.0. The summed E-state index contributed by atoms with van der Waals surface area (Å²) in [4.78, 5) is 0. The van der Waals surface area contributed by atoms with Crippen molar-refractivity contribution < 1.29 is 13.2 Å². The summed E-state index contributed by atoms with van der Waals surface area (Å²) in [7, 11) is 0. The quantitative estimate of drug-likeness (QED) is 0.545. The molecule has 0 saturated heterocycles. The number of hydrogen-bond donors (Lipinski definition) is 0. The van der Waals surface area contributed by atoms with Crippen molar-refractivity contribution in [1.29, 1.82) is 0 Å². The molecule has 1 saturated carbocycles. The predicted molar refractivity (Wildman–Crippen MR) is 89.7 cm³/mol. The Balaban J connectivity index is 1.82. The molecule has 24 heavy (non-hydrogen) atoms. The number of halogens is 3. The minimum atomic E-state index is -4.35. The number of nitrogens with zero attached hydrogens (tertiary/aromatic N) is 1. The van der Waals surface area contributed by atoms with Gasteiger partial charge in [0.1, 0.15) is 0 Å². The van der Waals surface area contributed by atoms with Crippen LogP contribution in [-0.2, 0) is 12.7 Å². The Bertz CT molecular complexity index is 901. The van der Waals surface area contributed by atoms with E-state index in [1.165, 1.54) is 18.9 Å². The first-order chi connectivity index (χ1) is 11.4. The molecule has 1 aromatic heterocycles. The number of fused-ring (bicyclic) bond motifs is 1. The summed E-state index contributed by atoms with van der Waals surface area (Å²) in [6.45, 7) is 3.17. The van der Waals surface area contributed by atoms with Crippen LogP contribution in [0.5, 0.6) is 0 Å². The zero-order valence-corrected chi connectivity index (χ0v) is 13.4. The van der Waals surface area contributed by atoms with Crippen molar-refractivity contribution in [1.82, 2.24) is 4.57 Å². The first kappa shape index (κ1) is 15.3. The van der Waals surface area contributed by atoms with E-state index in [9.17, 15) is 13.2 Å². The molecule has 1 fully saturated rings. The Morgan fingerprint density at radius 1 is 1.04 bits per heavy atom. The molecule has 1 aliphatic rings. The van der Waals surface area contributed by atoms with Gasteiger partial charge in [-0.1, -0.05) is 37.3 Å². The molecule has 0 unspecified atom stereocenters. The van der Waals surface area contributed by atoms with Crippen LogP contribution >= 0.6 is 0 Å². The number of aromatic nitrogens is 1. The molecule has 0 bridgehead atoms. The van der Waals surface area contributed by atoms with Crippen LogP contribution in [0.4, 0.5) is 13.2 Å². The number of alkyl halides is 3. The van der Waals surface area contributed by atoms with Crippen molar-refractivity contribution in [3.05, 3.63) is 60.3 Å². The number of benzene rings is 2. The summed E-state index contributed by atoms with van der Waals surface area (Å²) in [6, 6.07) is 13.4. The van der Waals surface area contributed by atoms with Crippen molar-refractivity contribution >= 4 is 10.9 Å². The summed E-state index contributed by atoms with van der Waals surface area (Å²) in [6.07, 6.45) is 0.106. The summed E-state index contributed by atoms with van der Waals surface area (Å²) in [5, 5.41) is 1.06. The highest BCUT2D eigenvalue weighted by Crippen LogP contribution is 2.47. The summed E-state index contributed by atoms with van der Waals surface area (Å²) >= 11 is 0. The van der Waals surface area contributed by atoms with Crippen LogP contribution in [0, 0.1) is 5.41 Å². The molecule has 3 aromatic rings. The maximum absolute atomic E-state index is 13.3. The van der Waals surface area contributed by atoms with Crippen molar-refractivity contribution in [2.24, 2.45) is 5.41 Å². The van der Waals surface area contributed by atoms with Gasteiger partial charge >= 0.3 is 6.18 Å². The Kier molecular flexibility index (Phi) is 3.27. The van der Waals surface area contributed by atoms with Gasteiger partial charge in [-0.05, 0) is 53.0 Å². The van der Waals surface area contributed by atoms with Gasteiger partial charge < -0.3 is 4.57 Å². The lowest BCUT2D eigenvalue weighted by Gasteiger charge is -2.14. The van der Waals surface area contributed by atoms with E-state index >= 15 is 0 Å². The molecular formula is C20H18F3N. The smallest absolute Gasteiger partial charge is 0.347 e. The first-order valence-corrected chi connectivity index (χ1v) is 8.11. The van der Waals surface area contributed by atoms with Gasteiger partial charge in [-0.15, -0.1) is 0 Å². The highest BCUT2D eigenvalue weighted by atomic mass is 19.4. The SMILES string of the molecule is CC1(Cn2ccc3ccc(-c4ccccc4C(F)(F)F)cc32)CC1. The Hall–Kier alpha value is -2.23. The molecule has 0 N–H and O–H groups in total. The molecule has 0 radical (unpaired) electrons. The van der Waals surface area contributed by atoms with E-state index in [-0.39, 0.29) is 5.56 Å². The van der Waals surface area contributed by atoms with Crippen molar-refractivity contribution in [3.8, 4) is 11.1 Å². The molecule has 4 rings (SSSR count). The highest BCUT2D eigenvalue weighted by Gasteiger charge is 2.37. The highest BCUT2D eigenvalue weighted by molar-refractivity contribution is 5.86. The van der Waals surface area contributed by atoms with Gasteiger partial charge in [0.2, 0.25) is 0 Å². The molecule has 1 nitrogen and oxygen atoms in total. The summed E-state index contributed by atoms with van der Waals surface area (Å²) in [5.74, 6) is 0. The average Bonchev–Trinajstić information content (AvgIpc) is 3.14. The topological polar surface area (TPSA) is 4.93 Å². The standard InChI is InChI=1S/C20H18F3N/c1-19(9-10-19)13-24-11-8-14-6-7-15(12-18(14)24)16-4-2-3-5-17(16)20(21,22)23/h2-8,11-12H,9-10,13H2,1H3. The van der Waals surface area contributed by atoms with E-state index < -0.39 is 11.7 Å². The largest absolute Gasteiger partial charge is 0.417 e. The van der Waals surface area contributed by atoms with E-state index in [1.54, 1.807) is 18.2 Å². The maximum atomic E-state index is 13.3. The van der Waals surface area contributed by atoms with Gasteiger partial charge in [0.15, 0.2) is 0 Å². The van der Waals surface area contributed by atoms with Crippen LogP contribution in [0.1, 0.15) is 25.3 Å². The second kappa shape index (κ2) is 5.13. The molecule has 124 valence electrons. The van der Waals surface area contributed by atoms with E-state index in [2.05, 4.69) is 11.5 Å². The van der Waals surface area contributed by atoms with Gasteiger partial charge in [0.25, 0.3) is 0 Å². The zero-order valence-electron chi connectivity index (χ0n) is 13.4. The van der Waals surface area contributed by atoms with Crippen LogP contribution in [0.15, 0.2) is 54.7 Å². The maximum Gasteiger partial charge on any atom is 0.417 e. The monoisotopic (exact) mass is 329 g/mol. The Labute approximate surface area is 138 Å².